The molecule has 4 bridgehead atoms. The van der Waals surface area contributed by atoms with E-state index in [9.17, 15) is 14.4 Å². The molecule has 4 aliphatic carbocycles. The third-order valence-electron chi connectivity index (χ3n) is 5.87. The Kier molecular flexibility index (Phi) is 4.47. The molecule has 0 aliphatic heterocycles. The number of carbonyl (C=O) groups excluding carboxylic acids is 3. The number of hydrogen-bond donors (Lipinski definition) is 0. The largest absolute Gasteiger partial charge is 0.465 e. The number of hydrogen-bond acceptors (Lipinski definition) is 5. The molecule has 4 aliphatic rings. The summed E-state index contributed by atoms with van der Waals surface area (Å²) in [5.41, 5.74) is -0.501. The maximum absolute atomic E-state index is 13.2. The lowest BCUT2D eigenvalue weighted by molar-refractivity contribution is -0.171. The molecule has 23 heavy (non-hydrogen) atoms. The lowest BCUT2D eigenvalue weighted by atomic mass is 9.47. The maximum Gasteiger partial charge on any atom is 0.328 e. The van der Waals surface area contributed by atoms with Gasteiger partial charge in [0.15, 0.2) is 5.78 Å². The Bertz CT molecular complexity index is 456. The first-order chi connectivity index (χ1) is 11.0. The van der Waals surface area contributed by atoms with Crippen molar-refractivity contribution in [2.24, 2.45) is 29.1 Å². The fraction of sp³-hybridized carbons (Fsp3) is 0.833. The molecule has 0 aromatic heterocycles. The van der Waals surface area contributed by atoms with Crippen molar-refractivity contribution in [1.82, 2.24) is 0 Å². The van der Waals surface area contributed by atoms with Crippen LogP contribution in [0.5, 0.6) is 0 Å². The van der Waals surface area contributed by atoms with Crippen LogP contribution in [0.2, 0.25) is 0 Å². The lowest BCUT2D eigenvalue weighted by Gasteiger charge is -2.56. The summed E-state index contributed by atoms with van der Waals surface area (Å²) in [4.78, 5) is 37.7. The maximum atomic E-state index is 13.2. The van der Waals surface area contributed by atoms with Crippen molar-refractivity contribution in [3.63, 3.8) is 0 Å². The number of rotatable bonds is 6. The van der Waals surface area contributed by atoms with E-state index in [0.717, 1.165) is 19.3 Å². The van der Waals surface area contributed by atoms with Gasteiger partial charge in [-0.15, -0.1) is 0 Å². The highest BCUT2D eigenvalue weighted by atomic mass is 16.6. The van der Waals surface area contributed by atoms with Gasteiger partial charge in [-0.2, -0.15) is 0 Å². The van der Waals surface area contributed by atoms with Crippen molar-refractivity contribution in [2.75, 3.05) is 13.2 Å². The fourth-order valence-electron chi connectivity index (χ4n) is 5.48. The van der Waals surface area contributed by atoms with E-state index in [4.69, 9.17) is 9.47 Å². The average molecular weight is 322 g/mol. The molecule has 5 heteroatoms. The smallest absolute Gasteiger partial charge is 0.328 e. The van der Waals surface area contributed by atoms with Gasteiger partial charge in [0.05, 0.1) is 13.2 Å². The zero-order valence-electron chi connectivity index (χ0n) is 14.0. The highest BCUT2D eigenvalue weighted by molar-refractivity contribution is 6.16. The van der Waals surface area contributed by atoms with Gasteiger partial charge in [-0.3, -0.25) is 14.4 Å². The van der Waals surface area contributed by atoms with Gasteiger partial charge >= 0.3 is 11.9 Å². The predicted octanol–water partition coefficient (Wildman–Crippen LogP) is 2.51. The fourth-order valence-corrected chi connectivity index (χ4v) is 5.48. The third-order valence-corrected chi connectivity index (χ3v) is 5.87. The Morgan fingerprint density at radius 3 is 1.61 bits per heavy atom. The number of ketones is 1. The van der Waals surface area contributed by atoms with E-state index in [2.05, 4.69) is 0 Å². The molecule has 0 aromatic rings. The van der Waals surface area contributed by atoms with E-state index in [1.807, 2.05) is 0 Å². The van der Waals surface area contributed by atoms with Crippen molar-refractivity contribution in [3.05, 3.63) is 0 Å². The second-order valence-corrected chi connectivity index (χ2v) is 7.50. The van der Waals surface area contributed by atoms with E-state index < -0.39 is 23.3 Å². The highest BCUT2D eigenvalue weighted by Crippen LogP contribution is 2.61. The van der Waals surface area contributed by atoms with Crippen LogP contribution < -0.4 is 0 Å². The minimum Gasteiger partial charge on any atom is -0.465 e. The molecule has 4 fully saturated rings. The second-order valence-electron chi connectivity index (χ2n) is 7.50. The number of Topliss-reactive ketones (excluding diaryl/α,β-unsaturated/α-hetero) is 1. The van der Waals surface area contributed by atoms with Crippen LogP contribution in [0.25, 0.3) is 0 Å². The molecule has 0 aromatic carbocycles. The Morgan fingerprint density at radius 2 is 1.26 bits per heavy atom. The summed E-state index contributed by atoms with van der Waals surface area (Å²) in [6.45, 7) is 3.66. The van der Waals surface area contributed by atoms with E-state index in [1.165, 1.54) is 19.3 Å². The monoisotopic (exact) mass is 322 g/mol. The lowest BCUT2D eigenvalue weighted by Crippen LogP contribution is -2.54. The van der Waals surface area contributed by atoms with E-state index in [0.29, 0.717) is 17.8 Å². The van der Waals surface area contributed by atoms with Gasteiger partial charge in [-0.1, -0.05) is 0 Å². The van der Waals surface area contributed by atoms with Gasteiger partial charge in [-0.05, 0) is 70.1 Å². The zero-order chi connectivity index (χ0) is 16.6. The number of esters is 2. The molecular weight excluding hydrogens is 296 g/mol. The summed E-state index contributed by atoms with van der Waals surface area (Å²) in [5.74, 6) is -1.39. The van der Waals surface area contributed by atoms with Crippen molar-refractivity contribution in [1.29, 1.82) is 0 Å². The van der Waals surface area contributed by atoms with E-state index in [1.54, 1.807) is 13.8 Å². The summed E-state index contributed by atoms with van der Waals surface area (Å²) in [7, 11) is 0. The first-order valence-electron chi connectivity index (χ1n) is 8.86. The highest BCUT2D eigenvalue weighted by Gasteiger charge is 2.58. The summed E-state index contributed by atoms with van der Waals surface area (Å²) in [6.07, 6.45) is 6.09. The minimum atomic E-state index is -1.40. The first-order valence-corrected chi connectivity index (χ1v) is 8.86. The van der Waals surface area contributed by atoms with Crippen LogP contribution in [0.1, 0.15) is 52.4 Å². The topological polar surface area (TPSA) is 69.7 Å². The zero-order valence-corrected chi connectivity index (χ0v) is 14.0. The van der Waals surface area contributed by atoms with Gasteiger partial charge in [-0.25, -0.2) is 0 Å². The molecule has 128 valence electrons. The van der Waals surface area contributed by atoms with Crippen LogP contribution in [-0.4, -0.2) is 30.9 Å². The van der Waals surface area contributed by atoms with Crippen LogP contribution >= 0.6 is 0 Å². The molecule has 4 saturated carbocycles. The van der Waals surface area contributed by atoms with Crippen molar-refractivity contribution >= 4 is 17.7 Å². The van der Waals surface area contributed by atoms with E-state index in [-0.39, 0.29) is 19.0 Å². The molecule has 5 nitrogen and oxygen atoms in total. The summed E-state index contributed by atoms with van der Waals surface area (Å²) < 4.78 is 9.99. The molecule has 0 unspecified atom stereocenters. The first kappa shape index (κ1) is 16.5. The summed E-state index contributed by atoms with van der Waals surface area (Å²) in [5, 5.41) is 0. The molecule has 0 heterocycles. The third kappa shape index (κ3) is 2.90. The van der Waals surface area contributed by atoms with Crippen LogP contribution in [0.15, 0.2) is 0 Å². The molecule has 4 rings (SSSR count). The molecule has 0 radical (unpaired) electrons. The SMILES string of the molecule is CCOC(=O)C(C(=O)OCC)C(=O)C12CC3CC(CC(C3)C1)C2. The van der Waals surface area contributed by atoms with Gasteiger partial charge in [0.25, 0.3) is 0 Å². The molecular formula is C18H26O5. The average Bonchev–Trinajstić information content (AvgIpc) is 2.46. The molecule has 0 amide bonds. The van der Waals surface area contributed by atoms with Crippen LogP contribution in [0.3, 0.4) is 0 Å². The Labute approximate surface area is 137 Å². The van der Waals surface area contributed by atoms with Gasteiger partial charge in [0.2, 0.25) is 5.92 Å². The van der Waals surface area contributed by atoms with E-state index >= 15 is 0 Å². The summed E-state index contributed by atoms with van der Waals surface area (Å²) in [6, 6.07) is 0. The van der Waals surface area contributed by atoms with Crippen molar-refractivity contribution in [3.8, 4) is 0 Å². The van der Waals surface area contributed by atoms with Crippen LogP contribution in [0.4, 0.5) is 0 Å². The second kappa shape index (κ2) is 6.25. The summed E-state index contributed by atoms with van der Waals surface area (Å²) >= 11 is 0. The molecule has 0 N–H and O–H groups in total. The Morgan fingerprint density at radius 1 is 0.870 bits per heavy atom. The van der Waals surface area contributed by atoms with Crippen LogP contribution in [0, 0.1) is 29.1 Å². The Balaban J connectivity index is 1.85. The Hall–Kier alpha value is -1.39. The van der Waals surface area contributed by atoms with Crippen LogP contribution in [-0.2, 0) is 23.9 Å². The molecule has 0 atom stereocenters. The van der Waals surface area contributed by atoms with Gasteiger partial charge in [0, 0.05) is 5.41 Å². The van der Waals surface area contributed by atoms with Gasteiger partial charge < -0.3 is 9.47 Å². The number of carbonyl (C=O) groups is 3. The quantitative estimate of drug-likeness (QED) is 0.555. The number of ether oxygens (including phenoxy) is 2. The van der Waals surface area contributed by atoms with Gasteiger partial charge in [0.1, 0.15) is 0 Å². The van der Waals surface area contributed by atoms with Crippen molar-refractivity contribution in [2.45, 2.75) is 52.4 Å². The van der Waals surface area contributed by atoms with Crippen molar-refractivity contribution < 1.29 is 23.9 Å². The normalized spacial score (nSPS) is 34.5. The minimum absolute atomic E-state index is 0.156. The molecule has 0 saturated heterocycles. The standard InChI is InChI=1S/C18H26O5/c1-3-22-16(20)14(17(21)23-4-2)15(19)18-8-11-5-12(9-18)7-13(6-11)10-18/h11-14H,3-10H2,1-2H3. The molecule has 0 spiro atoms. The predicted molar refractivity (Wildman–Crippen MR) is 82.4 cm³/mol.